The molecular weight excluding hydrogens is 240 g/mol. The third-order valence-electron chi connectivity index (χ3n) is 2.98. The predicted octanol–water partition coefficient (Wildman–Crippen LogP) is 2.90. The van der Waals surface area contributed by atoms with Crippen LogP contribution in [0.4, 0.5) is 11.4 Å². The monoisotopic (exact) mass is 264 g/mol. The summed E-state index contributed by atoms with van der Waals surface area (Å²) in [7, 11) is 5.50. The van der Waals surface area contributed by atoms with Crippen molar-refractivity contribution in [3.63, 3.8) is 0 Å². The van der Waals surface area contributed by atoms with E-state index in [1.54, 1.807) is 0 Å². The summed E-state index contributed by atoms with van der Waals surface area (Å²) in [5, 5.41) is 3.40. The number of anilines is 2. The van der Waals surface area contributed by atoms with Gasteiger partial charge in [0.1, 0.15) is 0 Å². The maximum atomic E-state index is 10.9. The van der Waals surface area contributed by atoms with E-state index < -0.39 is 0 Å². The van der Waals surface area contributed by atoms with Gasteiger partial charge in [-0.15, -0.1) is 0 Å². The van der Waals surface area contributed by atoms with Crippen LogP contribution in [0.2, 0.25) is 0 Å². The number of methoxy groups -OCH3 is 1. The molecule has 0 heterocycles. The minimum Gasteiger partial charge on any atom is -0.469 e. The summed E-state index contributed by atoms with van der Waals surface area (Å²) in [6, 6.07) is 8.34. The van der Waals surface area contributed by atoms with Gasteiger partial charge >= 0.3 is 5.97 Å². The van der Waals surface area contributed by atoms with Crippen LogP contribution < -0.4 is 10.2 Å². The lowest BCUT2D eigenvalue weighted by molar-refractivity contribution is -0.140. The van der Waals surface area contributed by atoms with Crippen LogP contribution in [-0.4, -0.2) is 33.7 Å². The standard InChI is InChI=1S/C15H24N2O2/c1-17(2)14-9-7-8-13(12-14)16-11-6-4-5-10-15(18)19-3/h7-9,12,16H,4-6,10-11H2,1-3H3. The summed E-state index contributed by atoms with van der Waals surface area (Å²) >= 11 is 0. The minimum absolute atomic E-state index is 0.119. The molecule has 0 aliphatic heterocycles. The quantitative estimate of drug-likeness (QED) is 0.579. The van der Waals surface area contributed by atoms with E-state index in [9.17, 15) is 4.79 Å². The Morgan fingerprint density at radius 3 is 2.74 bits per heavy atom. The first-order valence-corrected chi connectivity index (χ1v) is 6.71. The second-order valence-corrected chi connectivity index (χ2v) is 4.76. The first kappa shape index (κ1) is 15.3. The third-order valence-corrected chi connectivity index (χ3v) is 2.98. The van der Waals surface area contributed by atoms with Gasteiger partial charge in [-0.1, -0.05) is 12.5 Å². The maximum absolute atomic E-state index is 10.9. The van der Waals surface area contributed by atoms with Crippen LogP contribution in [0.25, 0.3) is 0 Å². The molecule has 1 aromatic carbocycles. The molecule has 4 heteroatoms. The fourth-order valence-electron chi connectivity index (χ4n) is 1.80. The average Bonchev–Trinajstić information content (AvgIpc) is 2.42. The second-order valence-electron chi connectivity index (χ2n) is 4.76. The summed E-state index contributed by atoms with van der Waals surface area (Å²) in [6.07, 6.45) is 3.51. The van der Waals surface area contributed by atoms with E-state index in [2.05, 4.69) is 39.2 Å². The summed E-state index contributed by atoms with van der Waals surface area (Å²) in [6.45, 7) is 0.929. The van der Waals surface area contributed by atoms with Crippen molar-refractivity contribution in [1.29, 1.82) is 0 Å². The van der Waals surface area contributed by atoms with E-state index in [0.717, 1.165) is 31.5 Å². The molecule has 0 aliphatic rings. The molecule has 106 valence electrons. The molecule has 0 amide bonds. The van der Waals surface area contributed by atoms with Crippen LogP contribution in [-0.2, 0) is 9.53 Å². The molecule has 1 aromatic rings. The number of hydrogen-bond donors (Lipinski definition) is 1. The third kappa shape index (κ3) is 6.13. The van der Waals surface area contributed by atoms with Gasteiger partial charge in [-0.3, -0.25) is 4.79 Å². The molecule has 1 N–H and O–H groups in total. The normalized spacial score (nSPS) is 10.1. The molecule has 0 saturated carbocycles. The van der Waals surface area contributed by atoms with Gasteiger partial charge in [0.05, 0.1) is 7.11 Å². The Morgan fingerprint density at radius 1 is 1.26 bits per heavy atom. The van der Waals surface area contributed by atoms with Crippen molar-refractivity contribution in [2.24, 2.45) is 0 Å². The molecule has 0 radical (unpaired) electrons. The molecule has 0 unspecified atom stereocenters. The SMILES string of the molecule is COC(=O)CCCCCNc1cccc(N(C)C)c1. The number of unbranched alkanes of at least 4 members (excludes halogenated alkanes) is 2. The van der Waals surface area contributed by atoms with Crippen molar-refractivity contribution < 1.29 is 9.53 Å². The molecule has 0 aliphatic carbocycles. The number of esters is 1. The van der Waals surface area contributed by atoms with Gasteiger partial charge in [0.15, 0.2) is 0 Å². The highest BCUT2D eigenvalue weighted by Crippen LogP contribution is 2.17. The van der Waals surface area contributed by atoms with Gasteiger partial charge in [-0.05, 0) is 31.0 Å². The Morgan fingerprint density at radius 2 is 2.05 bits per heavy atom. The fraction of sp³-hybridized carbons (Fsp3) is 0.533. The van der Waals surface area contributed by atoms with Crippen molar-refractivity contribution in [3.8, 4) is 0 Å². The molecule has 0 fully saturated rings. The van der Waals surface area contributed by atoms with Gasteiger partial charge < -0.3 is 15.0 Å². The van der Waals surface area contributed by atoms with E-state index in [1.807, 2.05) is 14.1 Å². The van der Waals surface area contributed by atoms with Crippen molar-refractivity contribution in [1.82, 2.24) is 0 Å². The Bertz CT molecular complexity index is 391. The van der Waals surface area contributed by atoms with E-state index in [0.29, 0.717) is 6.42 Å². The number of nitrogens with one attached hydrogen (secondary N) is 1. The van der Waals surface area contributed by atoms with Crippen LogP contribution in [0, 0.1) is 0 Å². The number of benzene rings is 1. The van der Waals surface area contributed by atoms with Crippen molar-refractivity contribution in [3.05, 3.63) is 24.3 Å². The molecule has 0 saturated heterocycles. The molecule has 4 nitrogen and oxygen atoms in total. The Labute approximate surface area is 115 Å². The van der Waals surface area contributed by atoms with Crippen LogP contribution in [0.3, 0.4) is 0 Å². The van der Waals surface area contributed by atoms with Crippen LogP contribution in [0.1, 0.15) is 25.7 Å². The lowest BCUT2D eigenvalue weighted by atomic mass is 10.2. The number of rotatable bonds is 8. The average molecular weight is 264 g/mol. The van der Waals surface area contributed by atoms with Crippen molar-refractivity contribution in [2.75, 3.05) is 38.0 Å². The highest BCUT2D eigenvalue weighted by atomic mass is 16.5. The second kappa shape index (κ2) is 8.40. The fourth-order valence-corrected chi connectivity index (χ4v) is 1.80. The lowest BCUT2D eigenvalue weighted by Crippen LogP contribution is -2.09. The summed E-state index contributed by atoms with van der Waals surface area (Å²) in [5.41, 5.74) is 2.33. The first-order valence-electron chi connectivity index (χ1n) is 6.71. The van der Waals surface area contributed by atoms with Gasteiger partial charge in [0.2, 0.25) is 0 Å². The number of hydrogen-bond acceptors (Lipinski definition) is 4. The zero-order valence-electron chi connectivity index (χ0n) is 12.1. The lowest BCUT2D eigenvalue weighted by Gasteiger charge is -2.14. The van der Waals surface area contributed by atoms with Crippen LogP contribution in [0.15, 0.2) is 24.3 Å². The Hall–Kier alpha value is -1.71. The molecule has 0 aromatic heterocycles. The molecule has 0 bridgehead atoms. The van der Waals surface area contributed by atoms with Crippen LogP contribution in [0.5, 0.6) is 0 Å². The largest absolute Gasteiger partial charge is 0.469 e. The highest BCUT2D eigenvalue weighted by Gasteiger charge is 2.00. The van der Waals surface area contributed by atoms with E-state index >= 15 is 0 Å². The van der Waals surface area contributed by atoms with Crippen LogP contribution >= 0.6 is 0 Å². The zero-order valence-corrected chi connectivity index (χ0v) is 12.1. The number of ether oxygens (including phenoxy) is 1. The summed E-state index contributed by atoms with van der Waals surface area (Å²) in [4.78, 5) is 13.0. The summed E-state index contributed by atoms with van der Waals surface area (Å²) < 4.78 is 4.60. The molecule has 0 spiro atoms. The topological polar surface area (TPSA) is 41.6 Å². The smallest absolute Gasteiger partial charge is 0.305 e. The van der Waals surface area contributed by atoms with Crippen molar-refractivity contribution >= 4 is 17.3 Å². The summed E-state index contributed by atoms with van der Waals surface area (Å²) in [5.74, 6) is -0.119. The molecule has 19 heavy (non-hydrogen) atoms. The number of nitrogens with zero attached hydrogens (tertiary/aromatic N) is 1. The minimum atomic E-state index is -0.119. The van der Waals surface area contributed by atoms with E-state index in [4.69, 9.17) is 0 Å². The molecule has 0 atom stereocenters. The predicted molar refractivity (Wildman–Crippen MR) is 79.7 cm³/mol. The first-order chi connectivity index (χ1) is 9.13. The number of carbonyl (C=O) groups is 1. The van der Waals surface area contributed by atoms with Gasteiger partial charge in [-0.2, -0.15) is 0 Å². The van der Waals surface area contributed by atoms with Crippen molar-refractivity contribution in [2.45, 2.75) is 25.7 Å². The molecule has 1 rings (SSSR count). The Kier molecular flexibility index (Phi) is 6.79. The van der Waals surface area contributed by atoms with E-state index in [-0.39, 0.29) is 5.97 Å². The van der Waals surface area contributed by atoms with Gasteiger partial charge in [-0.25, -0.2) is 0 Å². The number of carbonyl (C=O) groups excluding carboxylic acids is 1. The van der Waals surface area contributed by atoms with Gasteiger partial charge in [0.25, 0.3) is 0 Å². The Balaban J connectivity index is 2.19. The zero-order chi connectivity index (χ0) is 14.1. The van der Waals surface area contributed by atoms with E-state index in [1.165, 1.54) is 12.8 Å². The maximum Gasteiger partial charge on any atom is 0.305 e. The molecular formula is C15H24N2O2. The highest BCUT2D eigenvalue weighted by molar-refractivity contribution is 5.68. The van der Waals surface area contributed by atoms with Gasteiger partial charge in [0, 0.05) is 38.4 Å².